The zero-order valence-electron chi connectivity index (χ0n) is 16.0. The summed E-state index contributed by atoms with van der Waals surface area (Å²) < 4.78 is 10.7. The molecule has 1 aliphatic rings. The van der Waals surface area contributed by atoms with Crippen LogP contribution in [0.1, 0.15) is 32.3 Å². The number of likely N-dealkylation sites (tertiary alicyclic amines) is 1. The summed E-state index contributed by atoms with van der Waals surface area (Å²) in [5.41, 5.74) is 1.30. The van der Waals surface area contributed by atoms with Crippen LogP contribution in [-0.2, 0) is 6.42 Å². The first-order valence-electron chi connectivity index (χ1n) is 9.17. The Bertz CT molecular complexity index is 504. The van der Waals surface area contributed by atoms with Crippen LogP contribution in [0, 0.1) is 5.92 Å². The Morgan fingerprint density at radius 2 is 1.96 bits per heavy atom. The molecular weight excluding hydrogens is 300 g/mol. The Morgan fingerprint density at radius 1 is 1.21 bits per heavy atom. The highest BCUT2D eigenvalue weighted by Gasteiger charge is 2.23. The molecule has 0 radical (unpaired) electrons. The van der Waals surface area contributed by atoms with Gasteiger partial charge in [0.2, 0.25) is 0 Å². The lowest BCUT2D eigenvalue weighted by Crippen LogP contribution is -2.47. The van der Waals surface area contributed by atoms with Crippen LogP contribution >= 0.6 is 0 Å². The van der Waals surface area contributed by atoms with Gasteiger partial charge in [-0.3, -0.25) is 0 Å². The normalized spacial score (nSPS) is 19.0. The predicted octanol–water partition coefficient (Wildman–Crippen LogP) is 3.30. The first kappa shape index (κ1) is 19.1. The van der Waals surface area contributed by atoms with Crippen molar-refractivity contribution in [3.63, 3.8) is 0 Å². The van der Waals surface area contributed by atoms with Crippen LogP contribution in [-0.4, -0.2) is 63.3 Å². The third-order valence-electron chi connectivity index (χ3n) is 4.93. The Morgan fingerprint density at radius 3 is 2.62 bits per heavy atom. The second kappa shape index (κ2) is 9.28. The molecule has 1 heterocycles. The van der Waals surface area contributed by atoms with Crippen LogP contribution < -0.4 is 9.47 Å². The summed E-state index contributed by atoms with van der Waals surface area (Å²) >= 11 is 0. The topological polar surface area (TPSA) is 24.9 Å². The lowest BCUT2D eigenvalue weighted by atomic mass is 10.0. The van der Waals surface area contributed by atoms with E-state index in [1.54, 1.807) is 14.2 Å². The highest BCUT2D eigenvalue weighted by Crippen LogP contribution is 2.28. The van der Waals surface area contributed by atoms with E-state index in [1.807, 2.05) is 6.07 Å². The Balaban J connectivity index is 1.87. The SMILES string of the molecule is COc1ccc(CCN(C)[C@@H]2CCCN(CC(C)C)C2)cc1OC. The number of hydrogen-bond donors (Lipinski definition) is 0. The lowest BCUT2D eigenvalue weighted by Gasteiger charge is -2.38. The molecular formula is C20H34N2O2. The van der Waals surface area contributed by atoms with Gasteiger partial charge in [0.15, 0.2) is 11.5 Å². The summed E-state index contributed by atoms with van der Waals surface area (Å²) in [4.78, 5) is 5.16. The van der Waals surface area contributed by atoms with Gasteiger partial charge in [-0.2, -0.15) is 0 Å². The van der Waals surface area contributed by atoms with Crippen LogP contribution in [0.25, 0.3) is 0 Å². The largest absolute Gasteiger partial charge is 0.493 e. The third kappa shape index (κ3) is 5.38. The maximum Gasteiger partial charge on any atom is 0.160 e. The summed E-state index contributed by atoms with van der Waals surface area (Å²) in [5.74, 6) is 2.37. The first-order valence-corrected chi connectivity index (χ1v) is 9.17. The zero-order valence-corrected chi connectivity index (χ0v) is 16.0. The maximum absolute atomic E-state index is 5.41. The van der Waals surface area contributed by atoms with E-state index in [1.165, 1.54) is 38.0 Å². The molecule has 0 spiro atoms. The molecule has 4 heteroatoms. The quantitative estimate of drug-likeness (QED) is 0.728. The van der Waals surface area contributed by atoms with Crippen molar-refractivity contribution in [3.8, 4) is 11.5 Å². The highest BCUT2D eigenvalue weighted by atomic mass is 16.5. The van der Waals surface area contributed by atoms with E-state index in [-0.39, 0.29) is 0 Å². The number of likely N-dealkylation sites (N-methyl/N-ethyl adjacent to an activating group) is 1. The molecule has 0 amide bonds. The molecule has 0 saturated carbocycles. The van der Waals surface area contributed by atoms with E-state index in [2.05, 4.69) is 42.8 Å². The van der Waals surface area contributed by atoms with Gasteiger partial charge in [0.1, 0.15) is 0 Å². The summed E-state index contributed by atoms with van der Waals surface area (Å²) in [5, 5.41) is 0. The van der Waals surface area contributed by atoms with E-state index in [4.69, 9.17) is 9.47 Å². The molecule has 0 bridgehead atoms. The van der Waals surface area contributed by atoms with Crippen molar-refractivity contribution in [1.29, 1.82) is 0 Å². The molecule has 1 aromatic carbocycles. The number of benzene rings is 1. The highest BCUT2D eigenvalue weighted by molar-refractivity contribution is 5.42. The van der Waals surface area contributed by atoms with Gasteiger partial charge >= 0.3 is 0 Å². The van der Waals surface area contributed by atoms with Gasteiger partial charge in [-0.25, -0.2) is 0 Å². The molecule has 1 atom stereocenters. The predicted molar refractivity (Wildman–Crippen MR) is 100 cm³/mol. The fraction of sp³-hybridized carbons (Fsp3) is 0.700. The summed E-state index contributed by atoms with van der Waals surface area (Å²) in [6, 6.07) is 6.91. The minimum absolute atomic E-state index is 0.678. The molecule has 136 valence electrons. The molecule has 1 aliphatic heterocycles. The maximum atomic E-state index is 5.41. The average Bonchev–Trinajstić information content (AvgIpc) is 2.59. The fourth-order valence-electron chi connectivity index (χ4n) is 3.60. The van der Waals surface area contributed by atoms with E-state index >= 15 is 0 Å². The molecule has 0 unspecified atom stereocenters. The number of piperidine rings is 1. The van der Waals surface area contributed by atoms with Gasteiger partial charge in [-0.15, -0.1) is 0 Å². The lowest BCUT2D eigenvalue weighted by molar-refractivity contribution is 0.108. The van der Waals surface area contributed by atoms with Crippen molar-refractivity contribution in [2.45, 2.75) is 39.2 Å². The van der Waals surface area contributed by atoms with Crippen molar-refractivity contribution >= 4 is 0 Å². The Hall–Kier alpha value is -1.26. The Kier molecular flexibility index (Phi) is 7.38. The second-order valence-corrected chi connectivity index (χ2v) is 7.37. The fourth-order valence-corrected chi connectivity index (χ4v) is 3.60. The smallest absolute Gasteiger partial charge is 0.160 e. The van der Waals surface area contributed by atoms with E-state index < -0.39 is 0 Å². The molecule has 4 nitrogen and oxygen atoms in total. The number of nitrogens with zero attached hydrogens (tertiary/aromatic N) is 2. The van der Waals surface area contributed by atoms with Crippen molar-refractivity contribution in [3.05, 3.63) is 23.8 Å². The number of rotatable bonds is 8. The van der Waals surface area contributed by atoms with Crippen LogP contribution in [0.5, 0.6) is 11.5 Å². The minimum Gasteiger partial charge on any atom is -0.493 e. The summed E-state index contributed by atoms with van der Waals surface area (Å²) in [7, 11) is 5.64. The average molecular weight is 335 g/mol. The number of methoxy groups -OCH3 is 2. The summed E-state index contributed by atoms with van der Waals surface area (Å²) in [6.07, 6.45) is 3.67. The van der Waals surface area contributed by atoms with Crippen LogP contribution in [0.4, 0.5) is 0 Å². The van der Waals surface area contributed by atoms with Crippen molar-refractivity contribution in [2.75, 3.05) is 47.4 Å². The zero-order chi connectivity index (χ0) is 17.5. The first-order chi connectivity index (χ1) is 11.5. The third-order valence-corrected chi connectivity index (χ3v) is 4.93. The van der Waals surface area contributed by atoms with Crippen LogP contribution in [0.2, 0.25) is 0 Å². The molecule has 0 aliphatic carbocycles. The molecule has 24 heavy (non-hydrogen) atoms. The van der Waals surface area contributed by atoms with Gasteiger partial charge in [0.25, 0.3) is 0 Å². The molecule has 1 fully saturated rings. The van der Waals surface area contributed by atoms with Gasteiger partial charge in [-0.1, -0.05) is 19.9 Å². The van der Waals surface area contributed by atoms with Gasteiger partial charge in [0, 0.05) is 25.7 Å². The minimum atomic E-state index is 0.678. The van der Waals surface area contributed by atoms with E-state index in [0.29, 0.717) is 6.04 Å². The second-order valence-electron chi connectivity index (χ2n) is 7.37. The van der Waals surface area contributed by atoms with Gasteiger partial charge in [0.05, 0.1) is 14.2 Å². The number of hydrogen-bond acceptors (Lipinski definition) is 4. The molecule has 0 N–H and O–H groups in total. The Labute approximate surface area is 147 Å². The molecule has 1 saturated heterocycles. The van der Waals surface area contributed by atoms with Gasteiger partial charge in [-0.05, 0) is 56.5 Å². The standard InChI is InChI=1S/C20H34N2O2/c1-16(2)14-22-11-6-7-18(15-22)21(3)12-10-17-8-9-19(23-4)20(13-17)24-5/h8-9,13,16,18H,6-7,10-12,14-15H2,1-5H3/t18-/m1/s1. The van der Waals surface area contributed by atoms with Gasteiger partial charge < -0.3 is 19.3 Å². The molecule has 1 aromatic rings. The van der Waals surface area contributed by atoms with Crippen molar-refractivity contribution in [1.82, 2.24) is 9.80 Å². The van der Waals surface area contributed by atoms with Crippen molar-refractivity contribution < 1.29 is 9.47 Å². The van der Waals surface area contributed by atoms with E-state index in [0.717, 1.165) is 30.4 Å². The van der Waals surface area contributed by atoms with Crippen molar-refractivity contribution in [2.24, 2.45) is 5.92 Å². The monoisotopic (exact) mass is 334 g/mol. The number of ether oxygens (including phenoxy) is 2. The van der Waals surface area contributed by atoms with E-state index in [9.17, 15) is 0 Å². The van der Waals surface area contributed by atoms with Crippen LogP contribution in [0.15, 0.2) is 18.2 Å². The molecule has 2 rings (SSSR count). The van der Waals surface area contributed by atoms with Crippen LogP contribution in [0.3, 0.4) is 0 Å². The molecule has 0 aromatic heterocycles. The summed E-state index contributed by atoms with van der Waals surface area (Å²) in [6.45, 7) is 9.39.